The van der Waals surface area contributed by atoms with Gasteiger partial charge in [-0.15, -0.1) is 0 Å². The first kappa shape index (κ1) is 15.3. The maximum absolute atomic E-state index is 10.8. The first-order valence-electron chi connectivity index (χ1n) is 5.53. The molecule has 0 amide bonds. The largest absolute Gasteiger partial charge is 0.387 e. The van der Waals surface area contributed by atoms with Crippen LogP contribution in [0.25, 0.3) is 0 Å². The van der Waals surface area contributed by atoms with E-state index in [0.717, 1.165) is 0 Å². The van der Waals surface area contributed by atoms with Crippen molar-refractivity contribution in [3.63, 3.8) is 0 Å². The van der Waals surface area contributed by atoms with Crippen LogP contribution in [-0.2, 0) is 0 Å². The van der Waals surface area contributed by atoms with Crippen LogP contribution in [0.2, 0.25) is 0 Å². The maximum atomic E-state index is 10.8. The molecular weight excluding hydrogens is 266 g/mol. The van der Waals surface area contributed by atoms with E-state index in [4.69, 9.17) is 5.26 Å². The molecule has 1 aromatic carbocycles. The summed E-state index contributed by atoms with van der Waals surface area (Å²) < 4.78 is 0. The van der Waals surface area contributed by atoms with Gasteiger partial charge < -0.3 is 10.4 Å². The number of aliphatic hydroxyl groups is 1. The third-order valence-electron chi connectivity index (χ3n) is 2.44. The number of benzene rings is 1. The first-order valence-corrected chi connectivity index (χ1v) is 6.93. The fraction of sp³-hybridized carbons (Fsp3) is 0.417. The molecule has 1 unspecified atom stereocenters. The summed E-state index contributed by atoms with van der Waals surface area (Å²) >= 11 is 1.52. The Morgan fingerprint density at radius 1 is 1.63 bits per heavy atom. The van der Waals surface area contributed by atoms with Crippen molar-refractivity contribution in [1.82, 2.24) is 0 Å². The molecule has 1 rings (SSSR count). The Morgan fingerprint density at radius 3 is 2.84 bits per heavy atom. The van der Waals surface area contributed by atoms with Crippen molar-refractivity contribution in [2.45, 2.75) is 12.5 Å². The van der Waals surface area contributed by atoms with E-state index in [9.17, 15) is 15.2 Å². The molecule has 0 saturated heterocycles. The van der Waals surface area contributed by atoms with E-state index in [-0.39, 0.29) is 17.8 Å². The van der Waals surface area contributed by atoms with Crippen LogP contribution < -0.4 is 5.32 Å². The number of hydrogen-bond acceptors (Lipinski definition) is 6. The maximum Gasteiger partial charge on any atom is 0.289 e. The highest BCUT2D eigenvalue weighted by Gasteiger charge is 2.20. The number of nitrogens with one attached hydrogen (secondary N) is 1. The molecule has 2 N–H and O–H groups in total. The number of nitriles is 1. The monoisotopic (exact) mass is 281 g/mol. The van der Waals surface area contributed by atoms with Gasteiger partial charge in [-0.3, -0.25) is 10.1 Å². The van der Waals surface area contributed by atoms with E-state index in [1.165, 1.54) is 23.9 Å². The summed E-state index contributed by atoms with van der Waals surface area (Å²) in [5.74, 6) is 0.554. The fourth-order valence-electron chi connectivity index (χ4n) is 1.54. The lowest BCUT2D eigenvalue weighted by atomic mass is 10.1. The van der Waals surface area contributed by atoms with Crippen molar-refractivity contribution in [2.75, 3.05) is 23.9 Å². The van der Waals surface area contributed by atoms with Crippen molar-refractivity contribution in [3.05, 3.63) is 33.9 Å². The summed E-state index contributed by atoms with van der Waals surface area (Å²) in [6.45, 7) is 1.96. The van der Waals surface area contributed by atoms with Crippen molar-refractivity contribution < 1.29 is 10.0 Å². The summed E-state index contributed by atoms with van der Waals surface area (Å²) in [5.41, 5.74) is -0.613. The molecule has 6 nitrogen and oxygen atoms in total. The molecule has 0 radical (unpaired) electrons. The molecule has 0 saturated carbocycles. The van der Waals surface area contributed by atoms with Crippen molar-refractivity contribution in [3.8, 4) is 6.07 Å². The van der Waals surface area contributed by atoms with Crippen LogP contribution in [0.5, 0.6) is 0 Å². The molecule has 0 aromatic heterocycles. The van der Waals surface area contributed by atoms with Gasteiger partial charge in [-0.1, -0.05) is 0 Å². The number of nitro benzene ring substituents is 1. The van der Waals surface area contributed by atoms with Crippen molar-refractivity contribution in [2.24, 2.45) is 0 Å². The molecule has 0 spiro atoms. The van der Waals surface area contributed by atoms with Gasteiger partial charge in [0.05, 0.1) is 10.5 Å². The SMILES string of the molecule is CSCC(C)(O)CNc1ccc(C#N)c([N+](=O)[O-])c1. The molecule has 0 aliphatic rings. The third kappa shape index (κ3) is 4.43. The topological polar surface area (TPSA) is 99.2 Å². The standard InChI is InChI=1S/C12H15N3O3S/c1-12(16,8-19-2)7-14-10-4-3-9(6-13)11(5-10)15(17)18/h3-5,14,16H,7-8H2,1-2H3. The minimum atomic E-state index is -0.901. The molecule has 0 fully saturated rings. The van der Waals surface area contributed by atoms with Gasteiger partial charge in [0.15, 0.2) is 0 Å². The third-order valence-corrected chi connectivity index (χ3v) is 3.35. The zero-order valence-electron chi connectivity index (χ0n) is 10.7. The predicted octanol–water partition coefficient (Wildman–Crippen LogP) is 1.99. The van der Waals surface area contributed by atoms with Crippen LogP contribution >= 0.6 is 11.8 Å². The number of rotatable bonds is 6. The Morgan fingerprint density at radius 2 is 2.32 bits per heavy atom. The first-order chi connectivity index (χ1) is 8.89. The summed E-state index contributed by atoms with van der Waals surface area (Å²) in [5, 5.41) is 32.5. The van der Waals surface area contributed by atoms with Gasteiger partial charge in [0.25, 0.3) is 5.69 Å². The molecule has 0 bridgehead atoms. The van der Waals surface area contributed by atoms with Crippen LogP contribution in [0.4, 0.5) is 11.4 Å². The Kier molecular flexibility index (Phi) is 5.15. The number of nitrogens with zero attached hydrogens (tertiary/aromatic N) is 2. The second-order valence-corrected chi connectivity index (χ2v) is 5.25. The number of thioether (sulfide) groups is 1. The molecular formula is C12H15N3O3S. The van der Waals surface area contributed by atoms with Gasteiger partial charge in [0.2, 0.25) is 0 Å². The van der Waals surface area contributed by atoms with E-state index in [0.29, 0.717) is 11.4 Å². The number of nitro groups is 1. The van der Waals surface area contributed by atoms with Gasteiger partial charge in [-0.05, 0) is 25.3 Å². The van der Waals surface area contributed by atoms with E-state index in [1.807, 2.05) is 6.26 Å². The van der Waals surface area contributed by atoms with Gasteiger partial charge >= 0.3 is 0 Å². The number of hydrogen-bond donors (Lipinski definition) is 2. The summed E-state index contributed by atoms with van der Waals surface area (Å²) in [7, 11) is 0. The molecule has 1 aromatic rings. The summed E-state index contributed by atoms with van der Waals surface area (Å²) in [6.07, 6.45) is 1.89. The highest BCUT2D eigenvalue weighted by Crippen LogP contribution is 2.23. The van der Waals surface area contributed by atoms with Gasteiger partial charge in [-0.25, -0.2) is 0 Å². The predicted molar refractivity (Wildman–Crippen MR) is 75.3 cm³/mol. The second kappa shape index (κ2) is 6.41. The fourth-order valence-corrected chi connectivity index (χ4v) is 2.27. The molecule has 102 valence electrons. The Labute approximate surface area is 115 Å². The average Bonchev–Trinajstić information content (AvgIpc) is 2.36. The van der Waals surface area contributed by atoms with E-state index in [1.54, 1.807) is 19.1 Å². The molecule has 19 heavy (non-hydrogen) atoms. The Bertz CT molecular complexity index is 511. The lowest BCUT2D eigenvalue weighted by Gasteiger charge is -2.23. The Balaban J connectivity index is 2.84. The highest BCUT2D eigenvalue weighted by molar-refractivity contribution is 7.98. The lowest BCUT2D eigenvalue weighted by Crippen LogP contribution is -2.36. The molecule has 0 aliphatic carbocycles. The Hall–Kier alpha value is -1.78. The minimum absolute atomic E-state index is 0.0198. The van der Waals surface area contributed by atoms with E-state index < -0.39 is 10.5 Å². The van der Waals surface area contributed by atoms with Crippen LogP contribution in [0.3, 0.4) is 0 Å². The normalized spacial score (nSPS) is 13.4. The van der Waals surface area contributed by atoms with Crippen molar-refractivity contribution >= 4 is 23.1 Å². The van der Waals surface area contributed by atoms with Gasteiger partial charge in [0, 0.05) is 24.1 Å². The van der Waals surface area contributed by atoms with Gasteiger partial charge in [0.1, 0.15) is 11.6 Å². The summed E-state index contributed by atoms with van der Waals surface area (Å²) in [4.78, 5) is 10.2. The minimum Gasteiger partial charge on any atom is -0.387 e. The zero-order chi connectivity index (χ0) is 14.5. The second-order valence-electron chi connectivity index (χ2n) is 4.38. The van der Waals surface area contributed by atoms with Gasteiger partial charge in [-0.2, -0.15) is 17.0 Å². The highest BCUT2D eigenvalue weighted by atomic mass is 32.2. The molecule has 0 aliphatic heterocycles. The molecule has 1 atom stereocenters. The smallest absolute Gasteiger partial charge is 0.289 e. The quantitative estimate of drug-likeness (QED) is 0.611. The van der Waals surface area contributed by atoms with E-state index >= 15 is 0 Å². The van der Waals surface area contributed by atoms with Crippen LogP contribution in [-0.4, -0.2) is 34.2 Å². The van der Waals surface area contributed by atoms with Crippen LogP contribution in [0.1, 0.15) is 12.5 Å². The van der Waals surface area contributed by atoms with Crippen molar-refractivity contribution in [1.29, 1.82) is 5.26 Å². The zero-order valence-corrected chi connectivity index (χ0v) is 11.5. The average molecular weight is 281 g/mol. The molecule has 7 heteroatoms. The lowest BCUT2D eigenvalue weighted by molar-refractivity contribution is -0.385. The molecule has 0 heterocycles. The van der Waals surface area contributed by atoms with E-state index in [2.05, 4.69) is 5.32 Å². The van der Waals surface area contributed by atoms with Crippen LogP contribution in [0, 0.1) is 21.4 Å². The summed E-state index contributed by atoms with van der Waals surface area (Å²) in [6, 6.07) is 6.05. The van der Waals surface area contributed by atoms with Crippen LogP contribution in [0.15, 0.2) is 18.2 Å². The number of anilines is 1.